The summed E-state index contributed by atoms with van der Waals surface area (Å²) >= 11 is 0. The van der Waals surface area contributed by atoms with Crippen molar-refractivity contribution in [1.82, 2.24) is 4.90 Å². The number of carbonyl (C=O) groups is 1. The van der Waals surface area contributed by atoms with E-state index in [4.69, 9.17) is 0 Å². The van der Waals surface area contributed by atoms with Gasteiger partial charge in [0.05, 0.1) is 11.3 Å². The van der Waals surface area contributed by atoms with Gasteiger partial charge in [-0.2, -0.15) is 0 Å². The smallest absolute Gasteiger partial charge is 0.258 e. The molecule has 0 spiro atoms. The first-order valence-electron chi connectivity index (χ1n) is 8.21. The van der Waals surface area contributed by atoms with Gasteiger partial charge in [0, 0.05) is 25.3 Å². The largest absolute Gasteiger partial charge is 0.508 e. The molecule has 1 amide bonds. The zero-order valence-electron chi connectivity index (χ0n) is 13.8. The fraction of sp³-hybridized carbons (Fsp3) is 0.211. The molecule has 2 heterocycles. The van der Waals surface area contributed by atoms with Crippen LogP contribution in [0.15, 0.2) is 42.5 Å². The van der Waals surface area contributed by atoms with Crippen molar-refractivity contribution in [2.45, 2.75) is 12.6 Å². The van der Waals surface area contributed by atoms with E-state index in [1.165, 1.54) is 18.1 Å². The molecule has 4 nitrogen and oxygen atoms in total. The summed E-state index contributed by atoms with van der Waals surface area (Å²) in [4.78, 5) is 14.6. The highest BCUT2D eigenvalue weighted by Crippen LogP contribution is 2.38. The van der Waals surface area contributed by atoms with Crippen LogP contribution in [-0.2, 0) is 4.79 Å². The quantitative estimate of drug-likeness (QED) is 0.675. The molecule has 0 atom stereocenters. The van der Waals surface area contributed by atoms with Crippen molar-refractivity contribution in [3.05, 3.63) is 53.6 Å². The predicted octanol–water partition coefficient (Wildman–Crippen LogP) is 2.49. The molecular weight excluding hydrogens is 299 g/mol. The number of phenolic OH excluding ortho intramolecular Hbond substituents is 1. The topological polar surface area (TPSA) is 52.6 Å². The average Bonchev–Trinajstić information content (AvgIpc) is 3.34. The maximum Gasteiger partial charge on any atom is 0.258 e. The van der Waals surface area contributed by atoms with Crippen molar-refractivity contribution in [2.75, 3.05) is 19.4 Å². The molecule has 24 heavy (non-hydrogen) atoms. The lowest BCUT2D eigenvalue weighted by molar-refractivity contribution is -0.110. The van der Waals surface area contributed by atoms with E-state index in [-0.39, 0.29) is 11.7 Å². The zero-order chi connectivity index (χ0) is 16.8. The molecule has 1 saturated heterocycles. The molecule has 0 unspecified atom stereocenters. The molecule has 2 aromatic rings. The Kier molecular flexibility index (Phi) is 3.37. The van der Waals surface area contributed by atoms with Crippen molar-refractivity contribution < 1.29 is 9.90 Å². The molecule has 2 aliphatic heterocycles. The standard InChI is InChI=1S/C19H19BN2O2/c1-22(2)18(12-3-6-14(23)7-4-12)17-15-11-13(20-9-10-20)5-8-16(15)21-19(17)24/h3-8,11,23H,9-10H2,1-2H3,(H,21,24)/b18-17-. The van der Waals surface area contributed by atoms with Crippen molar-refractivity contribution in [2.24, 2.45) is 0 Å². The molecule has 1 fully saturated rings. The van der Waals surface area contributed by atoms with Gasteiger partial charge in [-0.3, -0.25) is 4.79 Å². The lowest BCUT2D eigenvalue weighted by atomic mass is 9.63. The minimum atomic E-state index is -0.0743. The summed E-state index contributed by atoms with van der Waals surface area (Å²) < 4.78 is 0. The minimum absolute atomic E-state index is 0.0743. The van der Waals surface area contributed by atoms with Crippen LogP contribution in [0.5, 0.6) is 5.75 Å². The second-order valence-electron chi connectivity index (χ2n) is 6.70. The zero-order valence-corrected chi connectivity index (χ0v) is 13.8. The lowest BCUT2D eigenvalue weighted by Gasteiger charge is -2.20. The monoisotopic (exact) mass is 318 g/mol. The highest BCUT2D eigenvalue weighted by atomic mass is 16.3. The van der Waals surface area contributed by atoms with Crippen molar-refractivity contribution in [3.8, 4) is 5.75 Å². The van der Waals surface area contributed by atoms with Gasteiger partial charge in [0.1, 0.15) is 5.75 Å². The summed E-state index contributed by atoms with van der Waals surface area (Å²) in [5, 5.41) is 12.5. The first kappa shape index (κ1) is 14.9. The van der Waals surface area contributed by atoms with Crippen LogP contribution in [0, 0.1) is 0 Å². The van der Waals surface area contributed by atoms with Crippen LogP contribution < -0.4 is 10.8 Å². The molecule has 120 valence electrons. The van der Waals surface area contributed by atoms with Gasteiger partial charge in [-0.15, -0.1) is 0 Å². The number of hydrogen-bond acceptors (Lipinski definition) is 3. The first-order chi connectivity index (χ1) is 11.5. The molecule has 0 aliphatic carbocycles. The number of anilines is 1. The van der Waals surface area contributed by atoms with Crippen LogP contribution in [0.1, 0.15) is 11.1 Å². The number of phenols is 1. The third-order valence-electron chi connectivity index (χ3n) is 4.66. The summed E-state index contributed by atoms with van der Waals surface area (Å²) in [6.45, 7) is 0.642. The van der Waals surface area contributed by atoms with E-state index < -0.39 is 0 Å². The number of carbonyl (C=O) groups excluding carboxylic acids is 1. The Morgan fingerprint density at radius 2 is 1.83 bits per heavy atom. The van der Waals surface area contributed by atoms with E-state index >= 15 is 0 Å². The maximum absolute atomic E-state index is 12.7. The molecule has 5 heteroatoms. The van der Waals surface area contributed by atoms with Gasteiger partial charge in [-0.25, -0.2) is 0 Å². The number of nitrogens with one attached hydrogen (secondary N) is 1. The number of hydrogen-bond donors (Lipinski definition) is 2. The van der Waals surface area contributed by atoms with Crippen molar-refractivity contribution >= 4 is 35.0 Å². The van der Waals surface area contributed by atoms with Gasteiger partial charge in [-0.05, 0) is 35.9 Å². The van der Waals surface area contributed by atoms with E-state index in [0.717, 1.165) is 22.5 Å². The number of nitrogens with zero attached hydrogens (tertiary/aromatic N) is 1. The van der Waals surface area contributed by atoms with Gasteiger partial charge in [-0.1, -0.05) is 30.2 Å². The predicted molar refractivity (Wildman–Crippen MR) is 98.7 cm³/mol. The van der Waals surface area contributed by atoms with Gasteiger partial charge >= 0.3 is 0 Å². The summed E-state index contributed by atoms with van der Waals surface area (Å²) in [6, 6.07) is 13.3. The van der Waals surface area contributed by atoms with Crippen LogP contribution in [0.4, 0.5) is 5.69 Å². The second-order valence-corrected chi connectivity index (χ2v) is 6.70. The Morgan fingerprint density at radius 1 is 1.12 bits per heavy atom. The number of rotatable bonds is 3. The maximum atomic E-state index is 12.7. The van der Waals surface area contributed by atoms with E-state index in [9.17, 15) is 9.90 Å². The van der Waals surface area contributed by atoms with Gasteiger partial charge in [0.25, 0.3) is 5.91 Å². The van der Waals surface area contributed by atoms with Crippen molar-refractivity contribution in [1.29, 1.82) is 0 Å². The number of fused-ring (bicyclic) bond motifs is 1. The van der Waals surface area contributed by atoms with E-state index in [2.05, 4.69) is 17.4 Å². The fourth-order valence-electron chi connectivity index (χ4n) is 3.34. The average molecular weight is 318 g/mol. The SMILES string of the molecule is CN(C)/C(=C1\C(=O)Nc2ccc(B3CC3)cc21)c1ccc(O)cc1. The van der Waals surface area contributed by atoms with Crippen LogP contribution in [0.2, 0.25) is 12.6 Å². The Balaban J connectivity index is 1.91. The molecule has 0 aromatic heterocycles. The van der Waals surface area contributed by atoms with E-state index in [1.54, 1.807) is 12.1 Å². The highest BCUT2D eigenvalue weighted by Gasteiger charge is 2.33. The third-order valence-corrected chi connectivity index (χ3v) is 4.66. The van der Waals surface area contributed by atoms with Gasteiger partial charge in [0.2, 0.25) is 0 Å². The van der Waals surface area contributed by atoms with Crippen LogP contribution in [0.3, 0.4) is 0 Å². The summed E-state index contributed by atoms with van der Waals surface area (Å²) in [6.07, 6.45) is 2.47. The molecule has 2 aromatic carbocycles. The van der Waals surface area contributed by atoms with E-state index in [0.29, 0.717) is 12.3 Å². The van der Waals surface area contributed by atoms with Gasteiger partial charge in [0.15, 0.2) is 6.71 Å². The Morgan fingerprint density at radius 3 is 2.46 bits per heavy atom. The molecule has 0 bridgehead atoms. The Bertz CT molecular complexity index is 852. The Hall–Kier alpha value is -2.69. The normalized spacial score (nSPS) is 17.4. The summed E-state index contributed by atoms with van der Waals surface area (Å²) in [7, 11) is 3.87. The first-order valence-corrected chi connectivity index (χ1v) is 8.21. The Labute approximate surface area is 141 Å². The summed E-state index contributed by atoms with van der Waals surface area (Å²) in [5.74, 6) is 0.142. The number of benzene rings is 2. The number of amides is 1. The molecule has 2 N–H and O–H groups in total. The lowest BCUT2D eigenvalue weighted by Crippen LogP contribution is -2.17. The fourth-order valence-corrected chi connectivity index (χ4v) is 3.34. The highest BCUT2D eigenvalue weighted by molar-refractivity contribution is 6.82. The van der Waals surface area contributed by atoms with E-state index in [1.807, 2.05) is 37.2 Å². The second kappa shape index (κ2) is 5.44. The van der Waals surface area contributed by atoms with Crippen LogP contribution in [-0.4, -0.2) is 36.7 Å². The van der Waals surface area contributed by atoms with Crippen molar-refractivity contribution in [3.63, 3.8) is 0 Å². The van der Waals surface area contributed by atoms with Crippen LogP contribution in [0.25, 0.3) is 11.3 Å². The third kappa shape index (κ3) is 2.46. The molecule has 0 radical (unpaired) electrons. The molecule has 0 saturated carbocycles. The van der Waals surface area contributed by atoms with Gasteiger partial charge < -0.3 is 15.3 Å². The molecule has 4 rings (SSSR count). The molecular formula is C19H19BN2O2. The molecule has 2 aliphatic rings. The summed E-state index contributed by atoms with van der Waals surface area (Å²) in [5.41, 5.74) is 5.63. The van der Waals surface area contributed by atoms with Crippen LogP contribution >= 0.6 is 0 Å². The number of aromatic hydroxyl groups is 1. The minimum Gasteiger partial charge on any atom is -0.508 e.